The summed E-state index contributed by atoms with van der Waals surface area (Å²) in [7, 11) is 1.56. The van der Waals surface area contributed by atoms with E-state index >= 15 is 0 Å². The number of halogens is 1. The van der Waals surface area contributed by atoms with Crippen LogP contribution < -0.4 is 10.1 Å². The standard InChI is InChI=1S/C17H21N3O2.ClH/c1-22-17-5-4-13(9-16(17)21)12-20-8-7-19-11-15(20)14-3-2-6-18-10-14;/h2-6,9-10,15,19,21H,7-8,11-12H2,1H3;1H. The minimum atomic E-state index is 0. The first-order valence-electron chi connectivity index (χ1n) is 7.48. The molecule has 2 aromatic rings. The number of hydrogen-bond acceptors (Lipinski definition) is 5. The normalized spacial score (nSPS) is 18.2. The summed E-state index contributed by atoms with van der Waals surface area (Å²) in [4.78, 5) is 6.64. The van der Waals surface area contributed by atoms with Crippen molar-refractivity contribution >= 4 is 12.4 Å². The van der Waals surface area contributed by atoms with Gasteiger partial charge in [-0.25, -0.2) is 0 Å². The number of nitrogens with one attached hydrogen (secondary N) is 1. The fourth-order valence-electron chi connectivity index (χ4n) is 2.91. The van der Waals surface area contributed by atoms with Crippen molar-refractivity contribution in [2.45, 2.75) is 12.6 Å². The molecule has 1 aromatic heterocycles. The second-order valence-electron chi connectivity index (χ2n) is 5.48. The first-order valence-corrected chi connectivity index (χ1v) is 7.48. The summed E-state index contributed by atoms with van der Waals surface area (Å²) in [5.41, 5.74) is 2.29. The topological polar surface area (TPSA) is 57.6 Å². The zero-order valence-electron chi connectivity index (χ0n) is 13.1. The van der Waals surface area contributed by atoms with Crippen molar-refractivity contribution in [2.24, 2.45) is 0 Å². The lowest BCUT2D eigenvalue weighted by Gasteiger charge is -2.36. The molecule has 0 saturated carbocycles. The number of aromatic nitrogens is 1. The number of ether oxygens (including phenoxy) is 1. The number of phenolic OH excluding ortho intramolecular Hbond substituents is 1. The van der Waals surface area contributed by atoms with Crippen LogP contribution >= 0.6 is 12.4 Å². The number of nitrogens with zero attached hydrogens (tertiary/aromatic N) is 2. The van der Waals surface area contributed by atoms with Crippen molar-refractivity contribution < 1.29 is 9.84 Å². The van der Waals surface area contributed by atoms with E-state index < -0.39 is 0 Å². The molecule has 1 fully saturated rings. The monoisotopic (exact) mass is 335 g/mol. The van der Waals surface area contributed by atoms with E-state index in [-0.39, 0.29) is 18.2 Å². The highest BCUT2D eigenvalue weighted by atomic mass is 35.5. The number of aromatic hydroxyl groups is 1. The maximum atomic E-state index is 9.94. The summed E-state index contributed by atoms with van der Waals surface area (Å²) in [5.74, 6) is 0.695. The fraction of sp³-hybridized carbons (Fsp3) is 0.353. The van der Waals surface area contributed by atoms with E-state index in [0.717, 1.165) is 31.7 Å². The molecule has 0 aliphatic carbocycles. The van der Waals surface area contributed by atoms with E-state index in [1.807, 2.05) is 24.4 Å². The minimum absolute atomic E-state index is 0. The first-order chi connectivity index (χ1) is 10.8. The van der Waals surface area contributed by atoms with Crippen molar-refractivity contribution in [1.82, 2.24) is 15.2 Å². The van der Waals surface area contributed by atoms with Gasteiger partial charge < -0.3 is 15.2 Å². The Bertz CT molecular complexity index is 624. The fourth-order valence-corrected chi connectivity index (χ4v) is 2.91. The first kappa shape index (κ1) is 17.5. The number of phenols is 1. The highest BCUT2D eigenvalue weighted by Crippen LogP contribution is 2.29. The third-order valence-corrected chi connectivity index (χ3v) is 4.05. The molecule has 124 valence electrons. The molecule has 0 amide bonds. The zero-order chi connectivity index (χ0) is 15.4. The van der Waals surface area contributed by atoms with Gasteiger partial charge in [0, 0.05) is 44.6 Å². The van der Waals surface area contributed by atoms with Crippen LogP contribution in [0.15, 0.2) is 42.7 Å². The van der Waals surface area contributed by atoms with Crippen LogP contribution in [0.1, 0.15) is 17.2 Å². The molecule has 3 rings (SSSR count). The highest BCUT2D eigenvalue weighted by Gasteiger charge is 2.24. The average molecular weight is 336 g/mol. The van der Waals surface area contributed by atoms with Gasteiger partial charge in [-0.05, 0) is 29.3 Å². The Balaban J connectivity index is 0.00000192. The molecular weight excluding hydrogens is 314 g/mol. The molecule has 1 unspecified atom stereocenters. The lowest BCUT2D eigenvalue weighted by Crippen LogP contribution is -2.45. The third kappa shape index (κ3) is 4.13. The Kier molecular flexibility index (Phi) is 6.21. The smallest absolute Gasteiger partial charge is 0.160 e. The lowest BCUT2D eigenvalue weighted by molar-refractivity contribution is 0.153. The van der Waals surface area contributed by atoms with Gasteiger partial charge in [0.05, 0.1) is 7.11 Å². The van der Waals surface area contributed by atoms with Gasteiger partial charge in [-0.3, -0.25) is 9.88 Å². The summed E-state index contributed by atoms with van der Waals surface area (Å²) in [6.07, 6.45) is 3.72. The average Bonchev–Trinajstić information content (AvgIpc) is 2.56. The van der Waals surface area contributed by atoms with Crippen LogP contribution in [0.25, 0.3) is 0 Å². The van der Waals surface area contributed by atoms with Gasteiger partial charge in [0.15, 0.2) is 11.5 Å². The molecule has 5 nitrogen and oxygen atoms in total. The number of piperazine rings is 1. The number of hydrogen-bond donors (Lipinski definition) is 2. The predicted octanol–water partition coefficient (Wildman–Crippen LogP) is 2.36. The Morgan fingerprint density at radius 2 is 2.26 bits per heavy atom. The second kappa shape index (κ2) is 8.15. The van der Waals surface area contributed by atoms with Crippen LogP contribution in [0.2, 0.25) is 0 Å². The molecule has 0 radical (unpaired) electrons. The summed E-state index contributed by atoms with van der Waals surface area (Å²) in [5, 5.41) is 13.4. The van der Waals surface area contributed by atoms with E-state index in [9.17, 15) is 5.11 Å². The SMILES string of the molecule is COc1ccc(CN2CCNCC2c2cccnc2)cc1O.Cl. The molecule has 0 bridgehead atoms. The van der Waals surface area contributed by atoms with Gasteiger partial charge in [-0.1, -0.05) is 12.1 Å². The van der Waals surface area contributed by atoms with Crippen molar-refractivity contribution in [3.63, 3.8) is 0 Å². The van der Waals surface area contributed by atoms with Crippen LogP contribution in [0, 0.1) is 0 Å². The molecule has 2 heterocycles. The molecule has 1 atom stereocenters. The molecule has 1 aromatic carbocycles. The molecule has 1 aliphatic rings. The van der Waals surface area contributed by atoms with Crippen LogP contribution in [0.3, 0.4) is 0 Å². The number of pyridine rings is 1. The van der Waals surface area contributed by atoms with Gasteiger partial charge in [0.2, 0.25) is 0 Å². The summed E-state index contributed by atoms with van der Waals surface area (Å²) in [6, 6.07) is 9.98. The van der Waals surface area contributed by atoms with Crippen LogP contribution in [0.5, 0.6) is 11.5 Å². The predicted molar refractivity (Wildman–Crippen MR) is 92.2 cm³/mol. The summed E-state index contributed by atoms with van der Waals surface area (Å²) >= 11 is 0. The van der Waals surface area contributed by atoms with Crippen molar-refractivity contribution in [3.8, 4) is 11.5 Å². The van der Waals surface area contributed by atoms with Crippen molar-refractivity contribution in [1.29, 1.82) is 0 Å². The van der Waals surface area contributed by atoms with Crippen LogP contribution in [0.4, 0.5) is 0 Å². The van der Waals surface area contributed by atoms with E-state index in [2.05, 4.69) is 21.3 Å². The molecule has 1 saturated heterocycles. The third-order valence-electron chi connectivity index (χ3n) is 4.05. The zero-order valence-corrected chi connectivity index (χ0v) is 13.9. The maximum Gasteiger partial charge on any atom is 0.160 e. The van der Waals surface area contributed by atoms with Crippen molar-refractivity contribution in [3.05, 3.63) is 53.9 Å². The molecule has 6 heteroatoms. The molecule has 2 N–H and O–H groups in total. The number of methoxy groups -OCH3 is 1. The second-order valence-corrected chi connectivity index (χ2v) is 5.48. The number of rotatable bonds is 4. The largest absolute Gasteiger partial charge is 0.504 e. The Morgan fingerprint density at radius 3 is 2.96 bits per heavy atom. The Labute approximate surface area is 142 Å². The van der Waals surface area contributed by atoms with Crippen molar-refractivity contribution in [2.75, 3.05) is 26.7 Å². The quantitative estimate of drug-likeness (QED) is 0.898. The molecule has 23 heavy (non-hydrogen) atoms. The van der Waals surface area contributed by atoms with Gasteiger partial charge in [0.25, 0.3) is 0 Å². The lowest BCUT2D eigenvalue weighted by atomic mass is 10.0. The van der Waals surface area contributed by atoms with E-state index in [1.54, 1.807) is 19.4 Å². The van der Waals surface area contributed by atoms with Crippen LogP contribution in [-0.4, -0.2) is 41.7 Å². The maximum absolute atomic E-state index is 9.94. The van der Waals surface area contributed by atoms with E-state index in [1.165, 1.54) is 5.56 Å². The Morgan fingerprint density at radius 1 is 1.39 bits per heavy atom. The van der Waals surface area contributed by atoms with Crippen LogP contribution in [-0.2, 0) is 6.54 Å². The highest BCUT2D eigenvalue weighted by molar-refractivity contribution is 5.85. The van der Waals surface area contributed by atoms with Gasteiger partial charge in [-0.2, -0.15) is 0 Å². The Hall–Kier alpha value is -1.82. The van der Waals surface area contributed by atoms with Gasteiger partial charge >= 0.3 is 0 Å². The minimum Gasteiger partial charge on any atom is -0.504 e. The van der Waals surface area contributed by atoms with Gasteiger partial charge in [0.1, 0.15) is 0 Å². The number of benzene rings is 1. The van der Waals surface area contributed by atoms with E-state index in [0.29, 0.717) is 11.8 Å². The summed E-state index contributed by atoms with van der Waals surface area (Å²) < 4.78 is 5.10. The molecule has 1 aliphatic heterocycles. The molecule has 0 spiro atoms. The molecular formula is C17H22ClN3O2. The van der Waals surface area contributed by atoms with Gasteiger partial charge in [-0.15, -0.1) is 12.4 Å². The summed E-state index contributed by atoms with van der Waals surface area (Å²) in [6.45, 7) is 3.64. The van der Waals surface area contributed by atoms with E-state index in [4.69, 9.17) is 4.74 Å².